The number of rotatable bonds is 5. The first-order valence-corrected chi connectivity index (χ1v) is 6.00. The molecule has 0 aliphatic rings. The molecule has 0 aliphatic heterocycles. The molecule has 0 unspecified atom stereocenters. The van der Waals surface area contributed by atoms with E-state index in [1.165, 1.54) is 0 Å². The van der Waals surface area contributed by atoms with Crippen LogP contribution in [0.5, 0.6) is 0 Å². The van der Waals surface area contributed by atoms with Gasteiger partial charge in [-0.3, -0.25) is 9.98 Å². The molecule has 98 valence electrons. The van der Waals surface area contributed by atoms with E-state index in [4.69, 9.17) is 5.73 Å². The van der Waals surface area contributed by atoms with Crippen molar-refractivity contribution in [2.24, 2.45) is 10.7 Å². The molecular formula is C14H22N4. The molecular weight excluding hydrogens is 224 g/mol. The van der Waals surface area contributed by atoms with Crippen molar-refractivity contribution < 1.29 is 0 Å². The number of aliphatic imine (C=N–C) groups is 1. The Bertz CT molecular complexity index is 421. The number of hydrogen-bond acceptors (Lipinski definition) is 2. The Hall–Kier alpha value is -1.84. The fraction of sp³-hybridized carbons (Fsp3) is 0.429. The van der Waals surface area contributed by atoms with Gasteiger partial charge in [0.15, 0.2) is 5.96 Å². The summed E-state index contributed by atoms with van der Waals surface area (Å²) in [5.41, 5.74) is 7.89. The standard InChI is InChI=1S/C14H22N4/c1-11(2)8-17-13(15)18-10-14(3,4)12-6-5-7-16-9-12/h5-7,9H,1,8,10H2,2-4H3,(H3,15,17,18). The molecule has 0 aliphatic carbocycles. The summed E-state index contributed by atoms with van der Waals surface area (Å²) in [6, 6.07) is 3.99. The van der Waals surface area contributed by atoms with Crippen molar-refractivity contribution in [3.63, 3.8) is 0 Å². The van der Waals surface area contributed by atoms with Gasteiger partial charge in [0.2, 0.25) is 0 Å². The van der Waals surface area contributed by atoms with E-state index in [1.54, 1.807) is 6.20 Å². The van der Waals surface area contributed by atoms with Gasteiger partial charge in [-0.15, -0.1) is 0 Å². The molecule has 3 N–H and O–H groups in total. The first-order valence-electron chi connectivity index (χ1n) is 6.00. The summed E-state index contributed by atoms with van der Waals surface area (Å²) in [5, 5.41) is 3.02. The zero-order chi connectivity index (χ0) is 13.6. The summed E-state index contributed by atoms with van der Waals surface area (Å²) in [5.74, 6) is 0.454. The predicted molar refractivity (Wildman–Crippen MR) is 76.6 cm³/mol. The Labute approximate surface area is 109 Å². The van der Waals surface area contributed by atoms with Gasteiger partial charge in [-0.25, -0.2) is 0 Å². The fourth-order valence-electron chi connectivity index (χ4n) is 1.43. The Morgan fingerprint density at radius 2 is 2.28 bits per heavy atom. The van der Waals surface area contributed by atoms with Gasteiger partial charge < -0.3 is 11.1 Å². The highest BCUT2D eigenvalue weighted by Crippen LogP contribution is 2.22. The lowest BCUT2D eigenvalue weighted by Crippen LogP contribution is -2.34. The second kappa shape index (κ2) is 6.19. The Kier molecular flexibility index (Phi) is 4.89. The van der Waals surface area contributed by atoms with Crippen LogP contribution >= 0.6 is 0 Å². The van der Waals surface area contributed by atoms with Gasteiger partial charge in [0.1, 0.15) is 0 Å². The highest BCUT2D eigenvalue weighted by Gasteiger charge is 2.20. The summed E-state index contributed by atoms with van der Waals surface area (Å²) in [4.78, 5) is 8.49. The highest BCUT2D eigenvalue weighted by molar-refractivity contribution is 5.78. The zero-order valence-corrected chi connectivity index (χ0v) is 11.4. The molecule has 1 aromatic rings. The van der Waals surface area contributed by atoms with E-state index >= 15 is 0 Å². The molecule has 18 heavy (non-hydrogen) atoms. The average Bonchev–Trinajstić information content (AvgIpc) is 2.35. The smallest absolute Gasteiger partial charge is 0.188 e. The number of nitrogens with one attached hydrogen (secondary N) is 1. The first kappa shape index (κ1) is 14.2. The molecule has 1 aromatic heterocycles. The van der Waals surface area contributed by atoms with Gasteiger partial charge >= 0.3 is 0 Å². The van der Waals surface area contributed by atoms with Crippen molar-refractivity contribution in [2.45, 2.75) is 26.2 Å². The second-order valence-electron chi connectivity index (χ2n) is 5.14. The minimum atomic E-state index is -0.0796. The number of pyridine rings is 1. The maximum atomic E-state index is 5.79. The number of guanidine groups is 1. The van der Waals surface area contributed by atoms with Gasteiger partial charge in [-0.1, -0.05) is 32.1 Å². The maximum Gasteiger partial charge on any atom is 0.188 e. The zero-order valence-electron chi connectivity index (χ0n) is 11.4. The van der Waals surface area contributed by atoms with E-state index in [-0.39, 0.29) is 5.41 Å². The molecule has 1 heterocycles. The van der Waals surface area contributed by atoms with Gasteiger partial charge in [-0.2, -0.15) is 0 Å². The molecule has 4 heteroatoms. The number of nitrogens with zero attached hydrogens (tertiary/aromatic N) is 2. The molecule has 0 aromatic carbocycles. The molecule has 0 radical (unpaired) electrons. The third-order valence-electron chi connectivity index (χ3n) is 2.66. The highest BCUT2D eigenvalue weighted by atomic mass is 15.1. The van der Waals surface area contributed by atoms with E-state index in [0.717, 1.165) is 11.1 Å². The van der Waals surface area contributed by atoms with Crippen molar-refractivity contribution in [2.75, 3.05) is 13.1 Å². The second-order valence-corrected chi connectivity index (χ2v) is 5.14. The monoisotopic (exact) mass is 246 g/mol. The number of aromatic nitrogens is 1. The van der Waals surface area contributed by atoms with E-state index in [1.807, 2.05) is 19.2 Å². The van der Waals surface area contributed by atoms with E-state index in [0.29, 0.717) is 19.0 Å². The minimum Gasteiger partial charge on any atom is -0.370 e. The third kappa shape index (κ3) is 4.57. The quantitative estimate of drug-likeness (QED) is 0.473. The molecule has 0 atom stereocenters. The molecule has 4 nitrogen and oxygen atoms in total. The van der Waals surface area contributed by atoms with Gasteiger partial charge in [0, 0.05) is 24.4 Å². The van der Waals surface area contributed by atoms with Crippen LogP contribution in [0.3, 0.4) is 0 Å². The van der Waals surface area contributed by atoms with Gasteiger partial charge in [0.05, 0.1) is 6.54 Å². The van der Waals surface area contributed by atoms with Crippen molar-refractivity contribution in [3.05, 3.63) is 42.2 Å². The van der Waals surface area contributed by atoms with E-state index in [9.17, 15) is 0 Å². The number of nitrogens with two attached hydrogens (primary N) is 1. The van der Waals surface area contributed by atoms with Gasteiger partial charge in [-0.05, 0) is 18.6 Å². The Balaban J connectivity index is 2.61. The van der Waals surface area contributed by atoms with E-state index < -0.39 is 0 Å². The summed E-state index contributed by atoms with van der Waals surface area (Å²) >= 11 is 0. The lowest BCUT2D eigenvalue weighted by atomic mass is 9.86. The topological polar surface area (TPSA) is 63.3 Å². The maximum absolute atomic E-state index is 5.79. The Morgan fingerprint density at radius 1 is 1.56 bits per heavy atom. The minimum absolute atomic E-state index is 0.0796. The molecule has 0 fully saturated rings. The first-order chi connectivity index (χ1) is 8.42. The third-order valence-corrected chi connectivity index (χ3v) is 2.66. The Morgan fingerprint density at radius 3 is 2.83 bits per heavy atom. The van der Waals surface area contributed by atoms with Crippen LogP contribution in [-0.4, -0.2) is 24.0 Å². The summed E-state index contributed by atoms with van der Waals surface area (Å²) in [6.45, 7) is 11.3. The van der Waals surface area contributed by atoms with Crippen LogP contribution in [0.25, 0.3) is 0 Å². The van der Waals surface area contributed by atoms with Crippen LogP contribution in [0.4, 0.5) is 0 Å². The van der Waals surface area contributed by atoms with E-state index in [2.05, 4.69) is 41.8 Å². The summed E-state index contributed by atoms with van der Waals surface area (Å²) in [6.07, 6.45) is 3.64. The van der Waals surface area contributed by atoms with Crippen LogP contribution in [0.2, 0.25) is 0 Å². The van der Waals surface area contributed by atoms with Crippen LogP contribution in [0.1, 0.15) is 26.3 Å². The molecule has 0 amide bonds. The molecule has 1 rings (SSSR count). The largest absolute Gasteiger partial charge is 0.370 e. The van der Waals surface area contributed by atoms with Crippen molar-refractivity contribution in [3.8, 4) is 0 Å². The fourth-order valence-corrected chi connectivity index (χ4v) is 1.43. The van der Waals surface area contributed by atoms with Crippen molar-refractivity contribution >= 4 is 5.96 Å². The number of hydrogen-bond donors (Lipinski definition) is 2. The van der Waals surface area contributed by atoms with Crippen LogP contribution in [0, 0.1) is 0 Å². The van der Waals surface area contributed by atoms with Gasteiger partial charge in [0.25, 0.3) is 0 Å². The molecule has 0 bridgehead atoms. The average molecular weight is 246 g/mol. The summed E-state index contributed by atoms with van der Waals surface area (Å²) < 4.78 is 0. The summed E-state index contributed by atoms with van der Waals surface area (Å²) in [7, 11) is 0. The predicted octanol–water partition coefficient (Wildman–Crippen LogP) is 1.84. The van der Waals surface area contributed by atoms with Crippen molar-refractivity contribution in [1.82, 2.24) is 10.3 Å². The van der Waals surface area contributed by atoms with Crippen LogP contribution in [-0.2, 0) is 5.41 Å². The molecule has 0 spiro atoms. The normalized spacial score (nSPS) is 12.3. The van der Waals surface area contributed by atoms with Crippen LogP contribution < -0.4 is 11.1 Å². The lowest BCUT2D eigenvalue weighted by Gasteiger charge is -2.22. The van der Waals surface area contributed by atoms with Crippen LogP contribution in [0.15, 0.2) is 41.7 Å². The van der Waals surface area contributed by atoms with Crippen molar-refractivity contribution in [1.29, 1.82) is 0 Å². The molecule has 0 saturated heterocycles. The SMILES string of the molecule is C=C(C)CNC(N)=NCC(C)(C)c1cccnc1. The lowest BCUT2D eigenvalue weighted by molar-refractivity contribution is 0.537. The molecule has 0 saturated carbocycles.